The Kier molecular flexibility index (Phi) is 6.53. The molecular weight excluding hydrogens is 208 g/mol. The van der Waals surface area contributed by atoms with Crippen LogP contribution in [-0.2, 0) is 4.79 Å². The molecule has 0 radical (unpaired) electrons. The van der Waals surface area contributed by atoms with Crippen LogP contribution in [0, 0.1) is 5.92 Å². The van der Waals surface area contributed by atoms with Gasteiger partial charge in [0.15, 0.2) is 0 Å². The maximum atomic E-state index is 11.7. The number of carboxylic acid groups (broad SMARTS) is 1. The first-order chi connectivity index (χ1) is 7.42. The van der Waals surface area contributed by atoms with Crippen LogP contribution in [0.1, 0.15) is 34.1 Å². The molecule has 2 amide bonds. The number of rotatable bonds is 6. The van der Waals surface area contributed by atoms with Crippen molar-refractivity contribution in [3.63, 3.8) is 0 Å². The standard InChI is InChI=1S/C11H22N2O3/c1-5-9(4)12-11(16)13(6-2)7-8(3)10(14)15/h8-9H,5-7H2,1-4H3,(H,12,16)(H,14,15). The maximum absolute atomic E-state index is 11.7. The molecule has 0 rings (SSSR count). The number of amides is 2. The summed E-state index contributed by atoms with van der Waals surface area (Å²) in [5.41, 5.74) is 0. The topological polar surface area (TPSA) is 69.6 Å². The normalized spacial score (nSPS) is 14.0. The highest BCUT2D eigenvalue weighted by atomic mass is 16.4. The first kappa shape index (κ1) is 14.7. The lowest BCUT2D eigenvalue weighted by Gasteiger charge is -2.25. The Morgan fingerprint density at radius 1 is 1.31 bits per heavy atom. The number of hydrogen-bond acceptors (Lipinski definition) is 2. The van der Waals surface area contributed by atoms with E-state index in [1.807, 2.05) is 20.8 Å². The summed E-state index contributed by atoms with van der Waals surface area (Å²) in [6.07, 6.45) is 0.859. The van der Waals surface area contributed by atoms with E-state index in [2.05, 4.69) is 5.32 Å². The number of urea groups is 1. The van der Waals surface area contributed by atoms with Gasteiger partial charge < -0.3 is 15.3 Å². The number of carbonyl (C=O) groups is 2. The van der Waals surface area contributed by atoms with Gasteiger partial charge in [0.25, 0.3) is 0 Å². The van der Waals surface area contributed by atoms with E-state index in [1.165, 1.54) is 4.90 Å². The first-order valence-electron chi connectivity index (χ1n) is 5.70. The molecule has 0 aromatic rings. The molecule has 0 aromatic heterocycles. The Morgan fingerprint density at radius 3 is 2.25 bits per heavy atom. The molecular formula is C11H22N2O3. The SMILES string of the molecule is CCC(C)NC(=O)N(CC)CC(C)C(=O)O. The molecule has 16 heavy (non-hydrogen) atoms. The van der Waals surface area contributed by atoms with Crippen LogP contribution in [0.2, 0.25) is 0 Å². The molecule has 5 nitrogen and oxygen atoms in total. The minimum absolute atomic E-state index is 0.113. The zero-order valence-electron chi connectivity index (χ0n) is 10.5. The van der Waals surface area contributed by atoms with E-state index >= 15 is 0 Å². The lowest BCUT2D eigenvalue weighted by atomic mass is 10.2. The highest BCUT2D eigenvalue weighted by Gasteiger charge is 2.19. The summed E-state index contributed by atoms with van der Waals surface area (Å²) in [6.45, 7) is 8.10. The molecule has 0 spiro atoms. The Labute approximate surface area is 96.8 Å². The van der Waals surface area contributed by atoms with Crippen LogP contribution < -0.4 is 5.32 Å². The third kappa shape index (κ3) is 5.00. The molecule has 0 aliphatic carbocycles. The minimum Gasteiger partial charge on any atom is -0.481 e. The quantitative estimate of drug-likeness (QED) is 0.727. The van der Waals surface area contributed by atoms with Crippen LogP contribution in [0.5, 0.6) is 0 Å². The van der Waals surface area contributed by atoms with Gasteiger partial charge in [0.1, 0.15) is 0 Å². The van der Waals surface area contributed by atoms with Crippen LogP contribution in [0.25, 0.3) is 0 Å². The number of hydrogen-bond donors (Lipinski definition) is 2. The molecule has 0 aliphatic heterocycles. The van der Waals surface area contributed by atoms with Crippen LogP contribution in [0.15, 0.2) is 0 Å². The smallest absolute Gasteiger partial charge is 0.317 e. The highest BCUT2D eigenvalue weighted by molar-refractivity contribution is 5.76. The number of nitrogens with zero attached hydrogens (tertiary/aromatic N) is 1. The fraction of sp³-hybridized carbons (Fsp3) is 0.818. The van der Waals surface area contributed by atoms with Gasteiger partial charge in [-0.1, -0.05) is 13.8 Å². The molecule has 2 atom stereocenters. The van der Waals surface area contributed by atoms with Crippen LogP contribution in [-0.4, -0.2) is 41.1 Å². The molecule has 5 heteroatoms. The summed E-state index contributed by atoms with van der Waals surface area (Å²) in [5.74, 6) is -1.42. The van der Waals surface area contributed by atoms with E-state index in [0.717, 1.165) is 6.42 Å². The second kappa shape index (κ2) is 7.09. The van der Waals surface area contributed by atoms with Gasteiger partial charge in [0, 0.05) is 19.1 Å². The highest BCUT2D eigenvalue weighted by Crippen LogP contribution is 2.01. The van der Waals surface area contributed by atoms with Gasteiger partial charge in [-0.25, -0.2) is 4.79 Å². The van der Waals surface area contributed by atoms with Gasteiger partial charge in [-0.2, -0.15) is 0 Å². The zero-order valence-corrected chi connectivity index (χ0v) is 10.5. The van der Waals surface area contributed by atoms with Crippen molar-refractivity contribution in [3.8, 4) is 0 Å². The monoisotopic (exact) mass is 230 g/mol. The van der Waals surface area contributed by atoms with Gasteiger partial charge in [0.2, 0.25) is 0 Å². The third-order valence-corrected chi connectivity index (χ3v) is 2.57. The van der Waals surface area contributed by atoms with Crippen molar-refractivity contribution in [1.82, 2.24) is 10.2 Å². The molecule has 0 heterocycles. The summed E-state index contributed by atoms with van der Waals surface area (Å²) in [6, 6.07) is -0.0772. The minimum atomic E-state index is -0.880. The van der Waals surface area contributed by atoms with Crippen molar-refractivity contribution in [1.29, 1.82) is 0 Å². The molecule has 0 aliphatic rings. The van der Waals surface area contributed by atoms with E-state index in [4.69, 9.17) is 5.11 Å². The van der Waals surface area contributed by atoms with Crippen molar-refractivity contribution >= 4 is 12.0 Å². The zero-order chi connectivity index (χ0) is 12.7. The predicted molar refractivity (Wildman–Crippen MR) is 62.3 cm³/mol. The summed E-state index contributed by atoms with van der Waals surface area (Å²) >= 11 is 0. The van der Waals surface area contributed by atoms with Gasteiger partial charge in [-0.15, -0.1) is 0 Å². The number of carboxylic acids is 1. The number of carbonyl (C=O) groups excluding carboxylic acids is 1. The Morgan fingerprint density at radius 2 is 1.88 bits per heavy atom. The van der Waals surface area contributed by atoms with Crippen molar-refractivity contribution < 1.29 is 14.7 Å². The molecule has 2 N–H and O–H groups in total. The van der Waals surface area contributed by atoms with Crippen LogP contribution >= 0.6 is 0 Å². The number of nitrogens with one attached hydrogen (secondary N) is 1. The summed E-state index contributed by atoms with van der Waals surface area (Å²) in [4.78, 5) is 23.9. The van der Waals surface area contributed by atoms with Gasteiger partial charge in [0.05, 0.1) is 5.92 Å². The van der Waals surface area contributed by atoms with E-state index in [0.29, 0.717) is 6.54 Å². The van der Waals surface area contributed by atoms with Crippen molar-refractivity contribution in [2.75, 3.05) is 13.1 Å². The van der Waals surface area contributed by atoms with Crippen LogP contribution in [0.4, 0.5) is 4.79 Å². The van der Waals surface area contributed by atoms with E-state index in [9.17, 15) is 9.59 Å². The summed E-state index contributed by atoms with van der Waals surface area (Å²) < 4.78 is 0. The first-order valence-corrected chi connectivity index (χ1v) is 5.70. The summed E-state index contributed by atoms with van der Waals surface area (Å²) in [5, 5.41) is 11.6. The lowest BCUT2D eigenvalue weighted by Crippen LogP contribution is -2.46. The predicted octanol–water partition coefficient (Wildman–Crippen LogP) is 1.54. The van der Waals surface area contributed by atoms with Crippen LogP contribution in [0.3, 0.4) is 0 Å². The second-order valence-electron chi connectivity index (χ2n) is 4.04. The summed E-state index contributed by atoms with van der Waals surface area (Å²) in [7, 11) is 0. The second-order valence-corrected chi connectivity index (χ2v) is 4.04. The van der Waals surface area contributed by atoms with Gasteiger partial charge >= 0.3 is 12.0 Å². The fourth-order valence-electron chi connectivity index (χ4n) is 1.17. The van der Waals surface area contributed by atoms with E-state index in [1.54, 1.807) is 6.92 Å². The van der Waals surface area contributed by atoms with Gasteiger partial charge in [-0.05, 0) is 20.3 Å². The van der Waals surface area contributed by atoms with Crippen molar-refractivity contribution in [2.45, 2.75) is 40.2 Å². The average molecular weight is 230 g/mol. The average Bonchev–Trinajstić information content (AvgIpc) is 2.24. The van der Waals surface area contributed by atoms with E-state index < -0.39 is 11.9 Å². The Bertz CT molecular complexity index is 243. The molecule has 0 aromatic carbocycles. The third-order valence-electron chi connectivity index (χ3n) is 2.57. The Hall–Kier alpha value is -1.26. The van der Waals surface area contributed by atoms with E-state index in [-0.39, 0.29) is 18.6 Å². The fourth-order valence-corrected chi connectivity index (χ4v) is 1.17. The molecule has 94 valence electrons. The Balaban J connectivity index is 4.27. The largest absolute Gasteiger partial charge is 0.481 e. The lowest BCUT2D eigenvalue weighted by molar-refractivity contribution is -0.141. The molecule has 0 fully saturated rings. The van der Waals surface area contributed by atoms with Crippen molar-refractivity contribution in [3.05, 3.63) is 0 Å². The molecule has 0 saturated heterocycles. The molecule has 0 bridgehead atoms. The molecule has 2 unspecified atom stereocenters. The number of aliphatic carboxylic acids is 1. The van der Waals surface area contributed by atoms with Crippen molar-refractivity contribution in [2.24, 2.45) is 5.92 Å². The maximum Gasteiger partial charge on any atom is 0.317 e. The molecule has 0 saturated carbocycles. The van der Waals surface area contributed by atoms with Gasteiger partial charge in [-0.3, -0.25) is 4.79 Å².